The van der Waals surface area contributed by atoms with Gasteiger partial charge in [-0.05, 0) is 44.9 Å². The molecule has 2 amide bonds. The number of amides is 2. The van der Waals surface area contributed by atoms with Crippen LogP contribution in [-0.2, 0) is 0 Å². The van der Waals surface area contributed by atoms with E-state index < -0.39 is 0 Å². The fraction of sp³-hybridized carbons (Fsp3) is 0.632. The van der Waals surface area contributed by atoms with E-state index in [4.69, 9.17) is 9.47 Å². The summed E-state index contributed by atoms with van der Waals surface area (Å²) in [5.41, 5.74) is 0.664. The van der Waals surface area contributed by atoms with Crippen molar-refractivity contribution in [1.82, 2.24) is 10.6 Å². The van der Waals surface area contributed by atoms with Crippen LogP contribution in [0, 0.1) is 0 Å². The molecule has 0 radical (unpaired) electrons. The van der Waals surface area contributed by atoms with Gasteiger partial charge in [0.1, 0.15) is 17.1 Å². The Bertz CT molecular complexity index is 594. The maximum Gasteiger partial charge on any atom is 0.315 e. The third kappa shape index (κ3) is 3.94. The van der Waals surface area contributed by atoms with Gasteiger partial charge in [0.2, 0.25) is 0 Å². The SMILES string of the molecule is COc1ccc2c(c1)[C@@H](NC(=O)NC1CCCCC1)CC(C)(C)O2. The highest BCUT2D eigenvalue weighted by atomic mass is 16.5. The molecule has 0 spiro atoms. The summed E-state index contributed by atoms with van der Waals surface area (Å²) in [5.74, 6) is 1.59. The molecule has 1 aromatic rings. The molecule has 24 heavy (non-hydrogen) atoms. The van der Waals surface area contributed by atoms with Crippen molar-refractivity contribution in [3.05, 3.63) is 23.8 Å². The van der Waals surface area contributed by atoms with Gasteiger partial charge in [-0.2, -0.15) is 0 Å². The minimum atomic E-state index is -0.315. The van der Waals surface area contributed by atoms with Crippen LogP contribution in [0.25, 0.3) is 0 Å². The molecule has 0 unspecified atom stereocenters. The highest BCUT2D eigenvalue weighted by Gasteiger charge is 2.35. The van der Waals surface area contributed by atoms with Gasteiger partial charge in [-0.1, -0.05) is 19.3 Å². The number of nitrogens with one attached hydrogen (secondary N) is 2. The molecule has 1 aliphatic carbocycles. The number of fused-ring (bicyclic) bond motifs is 1. The molecule has 1 aliphatic heterocycles. The number of ether oxygens (including phenoxy) is 2. The summed E-state index contributed by atoms with van der Waals surface area (Å²) < 4.78 is 11.4. The van der Waals surface area contributed by atoms with E-state index in [2.05, 4.69) is 10.6 Å². The van der Waals surface area contributed by atoms with Gasteiger partial charge >= 0.3 is 6.03 Å². The van der Waals surface area contributed by atoms with E-state index in [9.17, 15) is 4.79 Å². The van der Waals surface area contributed by atoms with Crippen molar-refractivity contribution in [3.8, 4) is 11.5 Å². The maximum atomic E-state index is 12.5. The minimum Gasteiger partial charge on any atom is -0.497 e. The number of rotatable bonds is 3. The van der Waals surface area contributed by atoms with E-state index in [0.717, 1.165) is 36.3 Å². The molecule has 0 aromatic heterocycles. The summed E-state index contributed by atoms with van der Waals surface area (Å²) >= 11 is 0. The number of benzene rings is 1. The van der Waals surface area contributed by atoms with Crippen LogP contribution in [0.5, 0.6) is 11.5 Å². The Morgan fingerprint density at radius 3 is 2.67 bits per heavy atom. The molecule has 1 atom stereocenters. The van der Waals surface area contributed by atoms with Crippen LogP contribution in [0.1, 0.15) is 64.0 Å². The molecule has 1 fully saturated rings. The number of hydrogen-bond donors (Lipinski definition) is 2. The standard InChI is InChI=1S/C19H28N2O3/c1-19(2)12-16(15-11-14(23-3)9-10-17(15)24-19)21-18(22)20-13-7-5-4-6-8-13/h9-11,13,16H,4-8,12H2,1-3H3,(H2,20,21,22)/t16-/m0/s1. The van der Waals surface area contributed by atoms with E-state index in [1.54, 1.807) is 7.11 Å². The van der Waals surface area contributed by atoms with Crippen LogP contribution >= 0.6 is 0 Å². The predicted octanol–water partition coefficient (Wildman–Crippen LogP) is 3.93. The van der Waals surface area contributed by atoms with Crippen molar-refractivity contribution in [2.45, 2.75) is 70.1 Å². The third-order valence-electron chi connectivity index (χ3n) is 4.92. The largest absolute Gasteiger partial charge is 0.497 e. The Morgan fingerprint density at radius 2 is 1.96 bits per heavy atom. The number of urea groups is 1. The number of carbonyl (C=O) groups is 1. The van der Waals surface area contributed by atoms with Crippen LogP contribution in [0.3, 0.4) is 0 Å². The smallest absolute Gasteiger partial charge is 0.315 e. The Balaban J connectivity index is 1.73. The number of methoxy groups -OCH3 is 1. The van der Waals surface area contributed by atoms with Gasteiger partial charge < -0.3 is 20.1 Å². The molecule has 2 aliphatic rings. The summed E-state index contributed by atoms with van der Waals surface area (Å²) in [5, 5.41) is 6.27. The van der Waals surface area contributed by atoms with E-state index in [1.165, 1.54) is 19.3 Å². The van der Waals surface area contributed by atoms with Crippen LogP contribution < -0.4 is 20.1 Å². The van der Waals surface area contributed by atoms with Gasteiger partial charge in [-0.15, -0.1) is 0 Å². The highest BCUT2D eigenvalue weighted by Crippen LogP contribution is 2.41. The molecular formula is C19H28N2O3. The van der Waals surface area contributed by atoms with Crippen LogP contribution in [-0.4, -0.2) is 24.8 Å². The van der Waals surface area contributed by atoms with Gasteiger partial charge in [0.15, 0.2) is 0 Å². The Morgan fingerprint density at radius 1 is 1.21 bits per heavy atom. The monoisotopic (exact) mass is 332 g/mol. The molecule has 0 saturated heterocycles. The molecule has 132 valence electrons. The van der Waals surface area contributed by atoms with Crippen molar-refractivity contribution in [2.24, 2.45) is 0 Å². The quantitative estimate of drug-likeness (QED) is 0.882. The lowest BCUT2D eigenvalue weighted by Crippen LogP contribution is -2.47. The average Bonchev–Trinajstić information content (AvgIpc) is 2.54. The maximum absolute atomic E-state index is 12.5. The van der Waals surface area contributed by atoms with Gasteiger partial charge in [0.05, 0.1) is 13.2 Å². The van der Waals surface area contributed by atoms with Crippen molar-refractivity contribution >= 4 is 6.03 Å². The van der Waals surface area contributed by atoms with E-state index in [1.807, 2.05) is 32.0 Å². The highest BCUT2D eigenvalue weighted by molar-refractivity contribution is 5.75. The molecule has 1 aromatic carbocycles. The third-order valence-corrected chi connectivity index (χ3v) is 4.92. The summed E-state index contributed by atoms with van der Waals surface area (Å²) in [7, 11) is 1.65. The first-order chi connectivity index (χ1) is 11.5. The topological polar surface area (TPSA) is 59.6 Å². The second kappa shape index (κ2) is 6.91. The van der Waals surface area contributed by atoms with Crippen molar-refractivity contribution in [3.63, 3.8) is 0 Å². The van der Waals surface area contributed by atoms with Crippen molar-refractivity contribution < 1.29 is 14.3 Å². The Labute approximate surface area is 144 Å². The van der Waals surface area contributed by atoms with Crippen LogP contribution in [0.15, 0.2) is 18.2 Å². The first-order valence-corrected chi connectivity index (χ1v) is 8.91. The lowest BCUT2D eigenvalue weighted by Gasteiger charge is -2.38. The zero-order valence-corrected chi connectivity index (χ0v) is 14.9. The molecule has 3 rings (SSSR count). The molecule has 5 nitrogen and oxygen atoms in total. The zero-order chi connectivity index (χ0) is 17.2. The minimum absolute atomic E-state index is 0.0811. The second-order valence-electron chi connectivity index (χ2n) is 7.47. The zero-order valence-electron chi connectivity index (χ0n) is 14.9. The van der Waals surface area contributed by atoms with Gasteiger partial charge in [0.25, 0.3) is 0 Å². The van der Waals surface area contributed by atoms with Crippen LogP contribution in [0.4, 0.5) is 4.79 Å². The van der Waals surface area contributed by atoms with E-state index in [-0.39, 0.29) is 17.7 Å². The Hall–Kier alpha value is -1.91. The fourth-order valence-electron chi connectivity index (χ4n) is 3.72. The van der Waals surface area contributed by atoms with Gasteiger partial charge in [-0.25, -0.2) is 4.79 Å². The van der Waals surface area contributed by atoms with Crippen LogP contribution in [0.2, 0.25) is 0 Å². The Kier molecular flexibility index (Phi) is 4.88. The molecular weight excluding hydrogens is 304 g/mol. The van der Waals surface area contributed by atoms with Crippen molar-refractivity contribution in [1.29, 1.82) is 0 Å². The lowest BCUT2D eigenvalue weighted by molar-refractivity contribution is 0.0675. The molecule has 1 heterocycles. The molecule has 5 heteroatoms. The van der Waals surface area contributed by atoms with E-state index >= 15 is 0 Å². The fourth-order valence-corrected chi connectivity index (χ4v) is 3.72. The first kappa shape index (κ1) is 16.9. The van der Waals surface area contributed by atoms with Crippen molar-refractivity contribution in [2.75, 3.05) is 7.11 Å². The predicted molar refractivity (Wildman–Crippen MR) is 93.6 cm³/mol. The number of carbonyl (C=O) groups excluding carboxylic acids is 1. The first-order valence-electron chi connectivity index (χ1n) is 8.91. The summed E-state index contributed by atoms with van der Waals surface area (Å²) in [6, 6.07) is 5.90. The lowest BCUT2D eigenvalue weighted by atomic mass is 9.89. The summed E-state index contributed by atoms with van der Waals surface area (Å²) in [4.78, 5) is 12.5. The molecule has 2 N–H and O–H groups in total. The van der Waals surface area contributed by atoms with E-state index in [0.29, 0.717) is 6.04 Å². The summed E-state index contributed by atoms with van der Waals surface area (Å²) in [6.07, 6.45) is 6.57. The van der Waals surface area contributed by atoms with Gasteiger partial charge in [-0.3, -0.25) is 0 Å². The number of hydrogen-bond acceptors (Lipinski definition) is 3. The summed E-state index contributed by atoms with van der Waals surface area (Å²) in [6.45, 7) is 4.10. The normalized spacial score (nSPS) is 22.9. The average molecular weight is 332 g/mol. The van der Waals surface area contributed by atoms with Gasteiger partial charge in [0, 0.05) is 18.0 Å². The molecule has 1 saturated carbocycles. The molecule has 0 bridgehead atoms. The second-order valence-corrected chi connectivity index (χ2v) is 7.47.